The zero-order chi connectivity index (χ0) is 20.5. The lowest BCUT2D eigenvalue weighted by molar-refractivity contribution is 0.0725. The number of likely N-dealkylation sites (tertiary alicyclic amines) is 1. The molecule has 3 aromatic rings. The molecule has 1 saturated heterocycles. The smallest absolute Gasteiger partial charge is 0.256 e. The maximum absolute atomic E-state index is 13.2. The Bertz CT molecular complexity index is 1100. The van der Waals surface area contributed by atoms with E-state index in [1.807, 2.05) is 37.9 Å². The van der Waals surface area contributed by atoms with Crippen LogP contribution < -0.4 is 5.32 Å². The van der Waals surface area contributed by atoms with Crippen LogP contribution in [0.2, 0.25) is 0 Å². The summed E-state index contributed by atoms with van der Waals surface area (Å²) in [4.78, 5) is 32.6. The first-order valence-corrected chi connectivity index (χ1v) is 9.96. The van der Waals surface area contributed by atoms with Crippen molar-refractivity contribution in [3.63, 3.8) is 0 Å². The molecule has 0 radical (unpaired) electrons. The molecule has 2 aromatic heterocycles. The summed E-state index contributed by atoms with van der Waals surface area (Å²) < 4.78 is 1.68. The summed E-state index contributed by atoms with van der Waals surface area (Å²) in [6.45, 7) is 5.25. The Morgan fingerprint density at radius 2 is 1.76 bits per heavy atom. The topological polar surface area (TPSA) is 80.1 Å². The van der Waals surface area contributed by atoms with Crippen LogP contribution in [0.25, 0.3) is 11.0 Å². The van der Waals surface area contributed by atoms with Gasteiger partial charge in [-0.2, -0.15) is 5.10 Å². The summed E-state index contributed by atoms with van der Waals surface area (Å²) in [7, 11) is 1.82. The molecule has 0 aliphatic carbocycles. The van der Waals surface area contributed by atoms with Crippen LogP contribution in [0.15, 0.2) is 30.3 Å². The second-order valence-corrected chi connectivity index (χ2v) is 7.57. The number of nitrogens with one attached hydrogen (secondary N) is 1. The number of pyridine rings is 1. The molecule has 0 spiro atoms. The number of aromatic nitrogens is 3. The molecule has 1 N–H and O–H groups in total. The minimum Gasteiger partial charge on any atom is -0.339 e. The second-order valence-electron chi connectivity index (χ2n) is 7.57. The Morgan fingerprint density at radius 1 is 1.03 bits per heavy atom. The lowest BCUT2D eigenvalue weighted by Gasteiger charge is -2.27. The molecular weight excluding hydrogens is 366 g/mol. The van der Waals surface area contributed by atoms with Crippen molar-refractivity contribution >= 4 is 28.5 Å². The molecule has 3 heterocycles. The van der Waals surface area contributed by atoms with Crippen LogP contribution in [0.4, 0.5) is 5.69 Å². The largest absolute Gasteiger partial charge is 0.339 e. The number of anilines is 1. The number of nitrogens with zero attached hydrogens (tertiary/aromatic N) is 4. The van der Waals surface area contributed by atoms with E-state index in [1.165, 1.54) is 0 Å². The predicted octanol–water partition coefficient (Wildman–Crippen LogP) is 3.46. The highest BCUT2D eigenvalue weighted by molar-refractivity contribution is 6.14. The van der Waals surface area contributed by atoms with E-state index in [0.717, 1.165) is 49.1 Å². The van der Waals surface area contributed by atoms with Gasteiger partial charge in [0.15, 0.2) is 5.65 Å². The number of piperidine rings is 1. The minimum atomic E-state index is -0.268. The number of para-hydroxylation sites is 1. The maximum Gasteiger partial charge on any atom is 0.256 e. The summed E-state index contributed by atoms with van der Waals surface area (Å²) in [6, 6.07) is 8.96. The molecule has 29 heavy (non-hydrogen) atoms. The highest BCUT2D eigenvalue weighted by atomic mass is 16.2. The third-order valence-corrected chi connectivity index (χ3v) is 5.39. The number of fused-ring (bicyclic) bond motifs is 1. The summed E-state index contributed by atoms with van der Waals surface area (Å²) in [5.41, 5.74) is 3.72. The van der Waals surface area contributed by atoms with E-state index in [0.29, 0.717) is 22.5 Å². The average Bonchev–Trinajstić information content (AvgIpc) is 3.01. The number of amides is 2. The van der Waals surface area contributed by atoms with Crippen LogP contribution in [0.3, 0.4) is 0 Å². The van der Waals surface area contributed by atoms with E-state index in [1.54, 1.807) is 22.9 Å². The lowest BCUT2D eigenvalue weighted by Crippen LogP contribution is -2.36. The van der Waals surface area contributed by atoms with Crippen LogP contribution in [0.1, 0.15) is 51.4 Å². The Balaban J connectivity index is 1.68. The number of aryl methyl sites for hydroxylation is 3. The molecule has 2 amide bonds. The first-order chi connectivity index (χ1) is 14.0. The Morgan fingerprint density at radius 3 is 2.52 bits per heavy atom. The van der Waals surface area contributed by atoms with E-state index < -0.39 is 0 Å². The molecule has 150 valence electrons. The van der Waals surface area contributed by atoms with Gasteiger partial charge in [0.1, 0.15) is 0 Å². The number of rotatable bonds is 3. The van der Waals surface area contributed by atoms with Crippen molar-refractivity contribution in [2.45, 2.75) is 33.1 Å². The van der Waals surface area contributed by atoms with Gasteiger partial charge in [-0.1, -0.05) is 12.1 Å². The van der Waals surface area contributed by atoms with Crippen LogP contribution in [-0.4, -0.2) is 44.6 Å². The molecule has 7 heteroatoms. The summed E-state index contributed by atoms with van der Waals surface area (Å²) in [5, 5.41) is 8.09. The number of hydrogen-bond donors (Lipinski definition) is 1. The van der Waals surface area contributed by atoms with E-state index in [4.69, 9.17) is 0 Å². The fraction of sp³-hybridized carbons (Fsp3) is 0.364. The van der Waals surface area contributed by atoms with Gasteiger partial charge in [0, 0.05) is 25.8 Å². The number of carbonyl (C=O) groups excluding carboxylic acids is 2. The standard InChI is InChI=1S/C22H25N5O2/c1-14-13-17(19-15(2)25-26(3)20(19)23-14)21(28)24-18-10-6-5-9-16(18)22(29)27-11-7-4-8-12-27/h5-6,9-10,13H,4,7-8,11-12H2,1-3H3,(H,24,28). The van der Waals surface area contributed by atoms with Crippen LogP contribution in [0.5, 0.6) is 0 Å². The zero-order valence-electron chi connectivity index (χ0n) is 17.0. The van der Waals surface area contributed by atoms with Crippen molar-refractivity contribution in [3.05, 3.63) is 52.8 Å². The van der Waals surface area contributed by atoms with Crippen LogP contribution in [-0.2, 0) is 7.05 Å². The zero-order valence-corrected chi connectivity index (χ0v) is 17.0. The fourth-order valence-corrected chi connectivity index (χ4v) is 3.98. The van der Waals surface area contributed by atoms with Crippen molar-refractivity contribution in [2.75, 3.05) is 18.4 Å². The molecule has 0 atom stereocenters. The minimum absolute atomic E-state index is 0.0331. The van der Waals surface area contributed by atoms with Crippen molar-refractivity contribution in [1.29, 1.82) is 0 Å². The Kier molecular flexibility index (Phi) is 5.05. The van der Waals surface area contributed by atoms with Crippen LogP contribution >= 0.6 is 0 Å². The third-order valence-electron chi connectivity index (χ3n) is 5.39. The molecule has 0 unspecified atom stereocenters. The van der Waals surface area contributed by atoms with Gasteiger partial charge in [-0.15, -0.1) is 0 Å². The number of benzene rings is 1. The van der Waals surface area contributed by atoms with Gasteiger partial charge in [0.25, 0.3) is 11.8 Å². The molecular formula is C22H25N5O2. The van der Waals surface area contributed by atoms with Gasteiger partial charge in [-0.05, 0) is 51.3 Å². The van der Waals surface area contributed by atoms with Crippen molar-refractivity contribution in [1.82, 2.24) is 19.7 Å². The van der Waals surface area contributed by atoms with E-state index >= 15 is 0 Å². The SMILES string of the molecule is Cc1cc(C(=O)Nc2ccccc2C(=O)N2CCCCC2)c2c(C)nn(C)c2n1. The monoisotopic (exact) mass is 391 g/mol. The first-order valence-electron chi connectivity index (χ1n) is 9.96. The summed E-state index contributed by atoms with van der Waals surface area (Å²) in [6.07, 6.45) is 3.20. The summed E-state index contributed by atoms with van der Waals surface area (Å²) >= 11 is 0. The highest BCUT2D eigenvalue weighted by Crippen LogP contribution is 2.25. The summed E-state index contributed by atoms with van der Waals surface area (Å²) in [5.74, 6) is -0.301. The maximum atomic E-state index is 13.2. The van der Waals surface area contributed by atoms with Crippen molar-refractivity contribution < 1.29 is 9.59 Å². The Hall–Kier alpha value is -3.22. The molecule has 1 aliphatic rings. The van der Waals surface area contributed by atoms with E-state index in [9.17, 15) is 9.59 Å². The molecule has 0 bridgehead atoms. The van der Waals surface area contributed by atoms with Crippen LogP contribution in [0, 0.1) is 13.8 Å². The molecule has 0 saturated carbocycles. The lowest BCUT2D eigenvalue weighted by atomic mass is 10.1. The van der Waals surface area contributed by atoms with Gasteiger partial charge in [-0.3, -0.25) is 14.3 Å². The third kappa shape index (κ3) is 3.60. The first kappa shape index (κ1) is 19.1. The highest BCUT2D eigenvalue weighted by Gasteiger charge is 2.23. The van der Waals surface area contributed by atoms with Gasteiger partial charge in [-0.25, -0.2) is 4.98 Å². The molecule has 7 nitrogen and oxygen atoms in total. The molecule has 1 aliphatic heterocycles. The normalized spacial score (nSPS) is 14.2. The second kappa shape index (κ2) is 7.66. The molecule has 1 aromatic carbocycles. The number of hydrogen-bond acceptors (Lipinski definition) is 4. The Labute approximate surface area is 169 Å². The van der Waals surface area contributed by atoms with Crippen molar-refractivity contribution in [2.24, 2.45) is 7.05 Å². The quantitative estimate of drug-likeness (QED) is 0.741. The fourth-order valence-electron chi connectivity index (χ4n) is 3.98. The van der Waals surface area contributed by atoms with Gasteiger partial charge in [0.2, 0.25) is 0 Å². The van der Waals surface area contributed by atoms with Crippen molar-refractivity contribution in [3.8, 4) is 0 Å². The van der Waals surface area contributed by atoms with Gasteiger partial charge < -0.3 is 10.2 Å². The van der Waals surface area contributed by atoms with Gasteiger partial charge in [0.05, 0.1) is 27.9 Å². The average molecular weight is 391 g/mol. The predicted molar refractivity (Wildman–Crippen MR) is 112 cm³/mol. The molecule has 1 fully saturated rings. The van der Waals surface area contributed by atoms with E-state index in [2.05, 4.69) is 15.4 Å². The number of carbonyl (C=O) groups is 2. The molecule has 4 rings (SSSR count). The van der Waals surface area contributed by atoms with Gasteiger partial charge >= 0.3 is 0 Å². The van der Waals surface area contributed by atoms with E-state index in [-0.39, 0.29) is 11.8 Å².